The van der Waals surface area contributed by atoms with Gasteiger partial charge in [0.1, 0.15) is 16.4 Å². The van der Waals surface area contributed by atoms with Crippen molar-refractivity contribution in [2.75, 3.05) is 25.8 Å². The number of hydrogen-bond acceptors (Lipinski definition) is 8. The molecule has 1 aromatic carbocycles. The normalized spacial score (nSPS) is 14.9. The monoisotopic (exact) mass is 415 g/mol. The topological polar surface area (TPSA) is 90.3 Å². The van der Waals surface area contributed by atoms with Gasteiger partial charge in [0, 0.05) is 5.56 Å². The zero-order valence-corrected chi connectivity index (χ0v) is 17.6. The van der Waals surface area contributed by atoms with Crippen LogP contribution in [-0.2, 0) is 9.53 Å². The van der Waals surface area contributed by atoms with Crippen molar-refractivity contribution in [3.63, 3.8) is 0 Å². The summed E-state index contributed by atoms with van der Waals surface area (Å²) in [6.07, 6.45) is 1.70. The molecule has 0 N–H and O–H groups in total. The third-order valence-electron chi connectivity index (χ3n) is 4.23. The molecular weight excluding hydrogens is 394 g/mol. The van der Waals surface area contributed by atoms with Crippen LogP contribution in [0.4, 0.5) is 5.13 Å². The highest BCUT2D eigenvalue weighted by molar-refractivity contribution is 7.17. The number of hydrogen-bond donors (Lipinski definition) is 0. The van der Waals surface area contributed by atoms with Gasteiger partial charge in [-0.3, -0.25) is 4.79 Å². The first-order valence-electron chi connectivity index (χ1n) is 8.87. The SMILES string of the molecule is CCOC(=O)c1sc(N2N=C(C)C(=Cc3cc(OC)ccc3OC)C2=O)nc1C. The van der Waals surface area contributed by atoms with Crippen LogP contribution in [0.25, 0.3) is 6.08 Å². The first kappa shape index (κ1) is 20.5. The fraction of sp³-hybridized carbons (Fsp3) is 0.300. The number of carbonyl (C=O) groups excluding carboxylic acids is 2. The molecule has 0 unspecified atom stereocenters. The van der Waals surface area contributed by atoms with Crippen molar-refractivity contribution < 1.29 is 23.8 Å². The molecule has 2 heterocycles. The molecule has 1 aromatic heterocycles. The predicted octanol–water partition coefficient (Wildman–Crippen LogP) is 3.45. The Morgan fingerprint density at radius 2 is 2.00 bits per heavy atom. The number of aromatic nitrogens is 1. The van der Waals surface area contributed by atoms with Crippen LogP contribution in [0.15, 0.2) is 28.9 Å². The lowest BCUT2D eigenvalue weighted by molar-refractivity contribution is -0.114. The smallest absolute Gasteiger partial charge is 0.350 e. The number of methoxy groups -OCH3 is 2. The lowest BCUT2D eigenvalue weighted by Crippen LogP contribution is -2.21. The highest BCUT2D eigenvalue weighted by Gasteiger charge is 2.32. The van der Waals surface area contributed by atoms with Crippen molar-refractivity contribution in [2.45, 2.75) is 20.8 Å². The summed E-state index contributed by atoms with van der Waals surface area (Å²) in [6.45, 7) is 5.43. The Hall–Kier alpha value is -3.20. The Morgan fingerprint density at radius 3 is 2.66 bits per heavy atom. The Balaban J connectivity index is 1.95. The van der Waals surface area contributed by atoms with E-state index in [1.165, 1.54) is 5.01 Å². The lowest BCUT2D eigenvalue weighted by Gasteiger charge is -2.09. The Bertz CT molecular complexity index is 1030. The molecular formula is C20H21N3O5S. The summed E-state index contributed by atoms with van der Waals surface area (Å²) >= 11 is 1.07. The molecule has 1 amide bonds. The van der Waals surface area contributed by atoms with Gasteiger partial charge in [0.25, 0.3) is 5.91 Å². The van der Waals surface area contributed by atoms with Crippen LogP contribution in [0.5, 0.6) is 11.5 Å². The van der Waals surface area contributed by atoms with Crippen LogP contribution in [0.1, 0.15) is 34.8 Å². The summed E-state index contributed by atoms with van der Waals surface area (Å²) < 4.78 is 15.7. The number of carbonyl (C=O) groups is 2. The van der Waals surface area contributed by atoms with E-state index in [9.17, 15) is 9.59 Å². The summed E-state index contributed by atoms with van der Waals surface area (Å²) in [5.74, 6) is 0.450. The molecule has 3 rings (SSSR count). The third-order valence-corrected chi connectivity index (χ3v) is 5.34. The van der Waals surface area contributed by atoms with E-state index in [-0.39, 0.29) is 12.5 Å². The zero-order valence-electron chi connectivity index (χ0n) is 16.8. The maximum Gasteiger partial charge on any atom is 0.350 e. The standard InChI is InChI=1S/C20H21N3O5S/c1-6-28-19(25)17-12(3)21-20(29-17)23-18(24)15(11(2)22-23)10-13-9-14(26-4)7-8-16(13)27-5/h7-10H,6H2,1-5H3. The molecule has 2 aromatic rings. The molecule has 0 bridgehead atoms. The second-order valence-electron chi connectivity index (χ2n) is 6.10. The van der Waals surface area contributed by atoms with Gasteiger partial charge >= 0.3 is 5.97 Å². The van der Waals surface area contributed by atoms with Crippen LogP contribution in [0.3, 0.4) is 0 Å². The van der Waals surface area contributed by atoms with Crippen molar-refractivity contribution in [2.24, 2.45) is 5.10 Å². The minimum absolute atomic E-state index is 0.265. The van der Waals surface area contributed by atoms with Gasteiger partial charge in [0.2, 0.25) is 5.13 Å². The Kier molecular flexibility index (Phi) is 5.97. The van der Waals surface area contributed by atoms with Crippen molar-refractivity contribution in [3.05, 3.63) is 39.9 Å². The van der Waals surface area contributed by atoms with Crippen LogP contribution < -0.4 is 14.5 Å². The van der Waals surface area contributed by atoms with Crippen LogP contribution in [0.2, 0.25) is 0 Å². The summed E-state index contributed by atoms with van der Waals surface area (Å²) in [4.78, 5) is 29.7. The van der Waals surface area contributed by atoms with E-state index >= 15 is 0 Å². The zero-order chi connectivity index (χ0) is 21.1. The summed E-state index contributed by atoms with van der Waals surface area (Å²) in [7, 11) is 3.13. The number of esters is 1. The Labute approximate surface area is 172 Å². The molecule has 1 aliphatic heterocycles. The van der Waals surface area contributed by atoms with E-state index in [0.29, 0.717) is 44.0 Å². The van der Waals surface area contributed by atoms with Gasteiger partial charge in [0.15, 0.2) is 0 Å². The third kappa shape index (κ3) is 4.00. The molecule has 0 spiro atoms. The largest absolute Gasteiger partial charge is 0.497 e. The highest BCUT2D eigenvalue weighted by atomic mass is 32.1. The van der Waals surface area contributed by atoms with Crippen LogP contribution in [-0.4, -0.2) is 43.4 Å². The quantitative estimate of drug-likeness (QED) is 0.530. The van der Waals surface area contributed by atoms with Gasteiger partial charge in [-0.25, -0.2) is 9.78 Å². The molecule has 0 radical (unpaired) electrons. The van der Waals surface area contributed by atoms with Gasteiger partial charge in [-0.15, -0.1) is 0 Å². The average Bonchev–Trinajstić information content (AvgIpc) is 3.22. The predicted molar refractivity (Wildman–Crippen MR) is 111 cm³/mol. The number of ether oxygens (including phenoxy) is 3. The molecule has 8 nitrogen and oxygen atoms in total. The number of thiazole rings is 1. The van der Waals surface area contributed by atoms with Gasteiger partial charge in [0.05, 0.1) is 37.8 Å². The fourth-order valence-corrected chi connectivity index (χ4v) is 3.69. The molecule has 1 aliphatic rings. The first-order chi connectivity index (χ1) is 13.9. The van der Waals surface area contributed by atoms with Crippen molar-refractivity contribution in [1.82, 2.24) is 4.98 Å². The summed E-state index contributed by atoms with van der Waals surface area (Å²) in [5.41, 5.74) is 2.12. The molecule has 9 heteroatoms. The van der Waals surface area contributed by atoms with E-state index in [1.807, 2.05) is 0 Å². The fourth-order valence-electron chi connectivity index (χ4n) is 2.78. The van der Waals surface area contributed by atoms with E-state index in [1.54, 1.807) is 59.3 Å². The number of anilines is 1. The molecule has 0 aliphatic carbocycles. The van der Waals surface area contributed by atoms with Crippen molar-refractivity contribution >= 4 is 40.1 Å². The van der Waals surface area contributed by atoms with Crippen molar-refractivity contribution in [3.8, 4) is 11.5 Å². The number of benzene rings is 1. The van der Waals surface area contributed by atoms with E-state index in [0.717, 1.165) is 11.3 Å². The highest BCUT2D eigenvalue weighted by Crippen LogP contribution is 2.33. The number of nitrogens with zero attached hydrogens (tertiary/aromatic N) is 3. The number of rotatable bonds is 6. The van der Waals surface area contributed by atoms with Crippen molar-refractivity contribution in [1.29, 1.82) is 0 Å². The summed E-state index contributed by atoms with van der Waals surface area (Å²) in [6, 6.07) is 5.33. The van der Waals surface area contributed by atoms with Gasteiger partial charge < -0.3 is 14.2 Å². The van der Waals surface area contributed by atoms with Crippen LogP contribution in [0, 0.1) is 6.92 Å². The first-order valence-corrected chi connectivity index (χ1v) is 9.69. The second-order valence-corrected chi connectivity index (χ2v) is 7.08. The van der Waals surface area contributed by atoms with Gasteiger partial charge in [-0.05, 0) is 45.0 Å². The maximum atomic E-state index is 13.0. The molecule has 0 fully saturated rings. The molecule has 0 saturated heterocycles. The van der Waals surface area contributed by atoms with E-state index in [2.05, 4.69) is 10.1 Å². The molecule has 152 valence electrons. The molecule has 0 saturated carbocycles. The van der Waals surface area contributed by atoms with E-state index in [4.69, 9.17) is 14.2 Å². The minimum atomic E-state index is -0.460. The lowest BCUT2D eigenvalue weighted by atomic mass is 10.1. The number of aryl methyl sites for hydroxylation is 1. The summed E-state index contributed by atoms with van der Waals surface area (Å²) in [5, 5.41) is 5.85. The molecule has 29 heavy (non-hydrogen) atoms. The number of amides is 1. The van der Waals surface area contributed by atoms with E-state index < -0.39 is 5.97 Å². The molecule has 0 atom stereocenters. The average molecular weight is 415 g/mol. The maximum absolute atomic E-state index is 13.0. The second kappa shape index (κ2) is 8.44. The van der Waals surface area contributed by atoms with Gasteiger partial charge in [-0.2, -0.15) is 10.1 Å². The van der Waals surface area contributed by atoms with Gasteiger partial charge in [-0.1, -0.05) is 11.3 Å². The Morgan fingerprint density at radius 1 is 1.24 bits per heavy atom. The minimum Gasteiger partial charge on any atom is -0.497 e. The number of hydrazone groups is 1. The van der Waals surface area contributed by atoms with Crippen LogP contribution >= 0.6 is 11.3 Å².